The topological polar surface area (TPSA) is 74.8 Å². The SMILES string of the molecule is O=C(NN=Cc1ccc(CO)o1)c1ccccc1CCc1ccccc1. The first-order valence-electron chi connectivity index (χ1n) is 8.41. The first-order chi connectivity index (χ1) is 12.8. The lowest BCUT2D eigenvalue weighted by Crippen LogP contribution is -2.19. The summed E-state index contributed by atoms with van der Waals surface area (Å²) in [6, 6.07) is 21.0. The summed E-state index contributed by atoms with van der Waals surface area (Å²) in [4.78, 5) is 12.4. The maximum Gasteiger partial charge on any atom is 0.271 e. The van der Waals surface area contributed by atoms with E-state index in [4.69, 9.17) is 9.52 Å². The summed E-state index contributed by atoms with van der Waals surface area (Å²) < 4.78 is 5.28. The summed E-state index contributed by atoms with van der Waals surface area (Å²) in [5.74, 6) is 0.648. The van der Waals surface area contributed by atoms with Crippen molar-refractivity contribution < 1.29 is 14.3 Å². The van der Waals surface area contributed by atoms with Crippen molar-refractivity contribution >= 4 is 12.1 Å². The number of nitrogens with one attached hydrogen (secondary N) is 1. The maximum atomic E-state index is 12.4. The van der Waals surface area contributed by atoms with Crippen molar-refractivity contribution in [1.82, 2.24) is 5.43 Å². The average molecular weight is 348 g/mol. The fraction of sp³-hybridized carbons (Fsp3) is 0.143. The van der Waals surface area contributed by atoms with E-state index in [-0.39, 0.29) is 12.5 Å². The van der Waals surface area contributed by atoms with Gasteiger partial charge in [-0.3, -0.25) is 4.79 Å². The van der Waals surface area contributed by atoms with Crippen molar-refractivity contribution in [3.05, 3.63) is 94.9 Å². The van der Waals surface area contributed by atoms with Crippen LogP contribution < -0.4 is 5.43 Å². The molecule has 3 rings (SSSR count). The van der Waals surface area contributed by atoms with E-state index in [9.17, 15) is 4.79 Å². The van der Waals surface area contributed by atoms with Crippen molar-refractivity contribution in [1.29, 1.82) is 0 Å². The number of rotatable bonds is 7. The Morgan fingerprint density at radius 3 is 2.54 bits per heavy atom. The van der Waals surface area contributed by atoms with Gasteiger partial charge in [0.15, 0.2) is 0 Å². The molecule has 1 heterocycles. The molecule has 0 saturated carbocycles. The Morgan fingerprint density at radius 1 is 1.00 bits per heavy atom. The highest BCUT2D eigenvalue weighted by molar-refractivity contribution is 5.96. The molecule has 0 saturated heterocycles. The molecule has 1 amide bonds. The lowest BCUT2D eigenvalue weighted by atomic mass is 9.99. The molecule has 2 aromatic carbocycles. The van der Waals surface area contributed by atoms with E-state index in [0.29, 0.717) is 17.1 Å². The summed E-state index contributed by atoms with van der Waals surface area (Å²) in [5, 5.41) is 12.9. The van der Waals surface area contributed by atoms with Crippen molar-refractivity contribution in [2.45, 2.75) is 19.4 Å². The Bertz CT molecular complexity index is 885. The maximum absolute atomic E-state index is 12.4. The molecule has 5 nitrogen and oxygen atoms in total. The molecule has 0 fully saturated rings. The third kappa shape index (κ3) is 4.68. The van der Waals surface area contributed by atoms with Crippen LogP contribution in [0.2, 0.25) is 0 Å². The van der Waals surface area contributed by atoms with Gasteiger partial charge in [0.25, 0.3) is 5.91 Å². The zero-order valence-corrected chi connectivity index (χ0v) is 14.3. The van der Waals surface area contributed by atoms with Crippen LogP contribution in [-0.2, 0) is 19.4 Å². The molecular weight excluding hydrogens is 328 g/mol. The molecule has 0 radical (unpaired) electrons. The van der Waals surface area contributed by atoms with Gasteiger partial charge in [-0.2, -0.15) is 5.10 Å². The summed E-state index contributed by atoms with van der Waals surface area (Å²) in [7, 11) is 0. The van der Waals surface area contributed by atoms with E-state index in [1.807, 2.05) is 36.4 Å². The van der Waals surface area contributed by atoms with Crippen LogP contribution in [0.15, 0.2) is 76.2 Å². The third-order valence-electron chi connectivity index (χ3n) is 3.98. The number of carbonyl (C=O) groups is 1. The Kier molecular flexibility index (Phi) is 5.96. The lowest BCUT2D eigenvalue weighted by molar-refractivity contribution is 0.0954. The third-order valence-corrected chi connectivity index (χ3v) is 3.98. The van der Waals surface area contributed by atoms with Crippen LogP contribution in [0.25, 0.3) is 0 Å². The quantitative estimate of drug-likeness (QED) is 0.508. The van der Waals surface area contributed by atoms with Gasteiger partial charge in [-0.1, -0.05) is 48.5 Å². The first kappa shape index (κ1) is 17.6. The molecule has 2 N–H and O–H groups in total. The Hall–Kier alpha value is -3.18. The van der Waals surface area contributed by atoms with Gasteiger partial charge < -0.3 is 9.52 Å². The van der Waals surface area contributed by atoms with E-state index in [1.165, 1.54) is 11.8 Å². The second-order valence-electron chi connectivity index (χ2n) is 5.80. The zero-order valence-electron chi connectivity index (χ0n) is 14.3. The number of hydrazone groups is 1. The Balaban J connectivity index is 1.63. The van der Waals surface area contributed by atoms with Gasteiger partial charge >= 0.3 is 0 Å². The summed E-state index contributed by atoms with van der Waals surface area (Å²) >= 11 is 0. The van der Waals surface area contributed by atoms with E-state index < -0.39 is 0 Å². The minimum atomic E-state index is -0.265. The van der Waals surface area contributed by atoms with Crippen LogP contribution in [0.4, 0.5) is 0 Å². The normalized spacial score (nSPS) is 11.0. The highest BCUT2D eigenvalue weighted by Crippen LogP contribution is 2.13. The van der Waals surface area contributed by atoms with Crippen LogP contribution in [0, 0.1) is 0 Å². The molecule has 0 atom stereocenters. The molecule has 132 valence electrons. The van der Waals surface area contributed by atoms with Gasteiger partial charge in [0, 0.05) is 5.56 Å². The second-order valence-corrected chi connectivity index (χ2v) is 5.80. The molecule has 0 aliphatic rings. The van der Waals surface area contributed by atoms with E-state index in [0.717, 1.165) is 18.4 Å². The Morgan fingerprint density at radius 2 is 1.77 bits per heavy atom. The van der Waals surface area contributed by atoms with Gasteiger partial charge in [-0.05, 0) is 42.2 Å². The van der Waals surface area contributed by atoms with Crippen LogP contribution in [0.5, 0.6) is 0 Å². The van der Waals surface area contributed by atoms with E-state index >= 15 is 0 Å². The smallest absolute Gasteiger partial charge is 0.271 e. The van der Waals surface area contributed by atoms with Crippen LogP contribution in [-0.4, -0.2) is 17.2 Å². The monoisotopic (exact) mass is 348 g/mol. The number of hydrogen-bond acceptors (Lipinski definition) is 4. The molecular formula is C21H20N2O3. The number of aliphatic hydroxyl groups excluding tert-OH is 1. The number of aryl methyl sites for hydroxylation is 2. The lowest BCUT2D eigenvalue weighted by Gasteiger charge is -2.08. The summed E-state index contributed by atoms with van der Waals surface area (Å²) in [6.45, 7) is -0.172. The van der Waals surface area contributed by atoms with Crippen molar-refractivity contribution in [3.8, 4) is 0 Å². The predicted octanol–water partition coefficient (Wildman–Crippen LogP) is 3.32. The van der Waals surface area contributed by atoms with Gasteiger partial charge in [0.05, 0.1) is 6.21 Å². The molecule has 0 unspecified atom stereocenters. The fourth-order valence-electron chi connectivity index (χ4n) is 2.65. The number of furan rings is 1. The fourth-order valence-corrected chi connectivity index (χ4v) is 2.65. The number of nitrogens with zero attached hydrogens (tertiary/aromatic N) is 1. The molecule has 0 bridgehead atoms. The molecule has 0 aliphatic heterocycles. The average Bonchev–Trinajstić information content (AvgIpc) is 3.15. The number of benzene rings is 2. The number of amides is 1. The standard InChI is InChI=1S/C21H20N2O3/c24-15-19-13-12-18(26-19)14-22-23-21(25)20-9-5-4-8-17(20)11-10-16-6-2-1-3-7-16/h1-9,12-14,24H,10-11,15H2,(H,23,25). The van der Waals surface area contributed by atoms with Crippen LogP contribution in [0.1, 0.15) is 33.0 Å². The Labute approximate surface area is 152 Å². The number of hydrogen-bond donors (Lipinski definition) is 2. The minimum absolute atomic E-state index is 0.172. The van der Waals surface area contributed by atoms with E-state index in [2.05, 4.69) is 22.7 Å². The van der Waals surface area contributed by atoms with Gasteiger partial charge in [0.2, 0.25) is 0 Å². The molecule has 0 spiro atoms. The van der Waals surface area contributed by atoms with Crippen LogP contribution in [0.3, 0.4) is 0 Å². The molecule has 0 aliphatic carbocycles. The van der Waals surface area contributed by atoms with E-state index in [1.54, 1.807) is 18.2 Å². The van der Waals surface area contributed by atoms with Crippen molar-refractivity contribution in [2.24, 2.45) is 5.10 Å². The van der Waals surface area contributed by atoms with Crippen molar-refractivity contribution in [2.75, 3.05) is 0 Å². The molecule has 3 aromatic rings. The number of carbonyl (C=O) groups excluding carboxylic acids is 1. The minimum Gasteiger partial charge on any atom is -0.458 e. The summed E-state index contributed by atoms with van der Waals surface area (Å²) in [5.41, 5.74) is 5.34. The van der Waals surface area contributed by atoms with Gasteiger partial charge in [-0.25, -0.2) is 5.43 Å². The highest BCUT2D eigenvalue weighted by atomic mass is 16.4. The second kappa shape index (κ2) is 8.78. The first-order valence-corrected chi connectivity index (χ1v) is 8.41. The largest absolute Gasteiger partial charge is 0.458 e. The van der Waals surface area contributed by atoms with Gasteiger partial charge in [-0.15, -0.1) is 0 Å². The molecule has 26 heavy (non-hydrogen) atoms. The summed E-state index contributed by atoms with van der Waals surface area (Å²) in [6.07, 6.45) is 3.05. The number of aliphatic hydroxyl groups is 1. The molecule has 1 aromatic heterocycles. The van der Waals surface area contributed by atoms with Gasteiger partial charge in [0.1, 0.15) is 18.1 Å². The van der Waals surface area contributed by atoms with Crippen molar-refractivity contribution in [3.63, 3.8) is 0 Å². The predicted molar refractivity (Wildman–Crippen MR) is 100.0 cm³/mol. The molecule has 5 heteroatoms. The zero-order chi connectivity index (χ0) is 18.2. The van der Waals surface area contributed by atoms with Crippen LogP contribution >= 0.6 is 0 Å². The highest BCUT2D eigenvalue weighted by Gasteiger charge is 2.10.